The highest BCUT2D eigenvalue weighted by Gasteiger charge is 2.33. The first-order chi connectivity index (χ1) is 12.9. The number of para-hydroxylation sites is 1. The Balaban J connectivity index is 0.00000280. The van der Waals surface area contributed by atoms with Gasteiger partial charge in [-0.05, 0) is 35.2 Å². The zero-order chi connectivity index (χ0) is 19.4. The lowest BCUT2D eigenvalue weighted by Crippen LogP contribution is -2.36. The van der Waals surface area contributed by atoms with E-state index < -0.39 is 17.6 Å². The van der Waals surface area contributed by atoms with Crippen LogP contribution in [0.3, 0.4) is 0 Å². The zero-order valence-electron chi connectivity index (χ0n) is 14.9. The first-order valence-electron chi connectivity index (χ1n) is 8.23. The summed E-state index contributed by atoms with van der Waals surface area (Å²) >= 11 is 0. The number of guanidine groups is 1. The van der Waals surface area contributed by atoms with Crippen molar-refractivity contribution in [1.82, 2.24) is 15.6 Å². The van der Waals surface area contributed by atoms with Crippen LogP contribution in [0.5, 0.6) is 0 Å². The van der Waals surface area contributed by atoms with Gasteiger partial charge in [-0.1, -0.05) is 24.3 Å². The average molecular weight is 506 g/mol. The van der Waals surface area contributed by atoms with E-state index in [1.165, 1.54) is 7.05 Å². The number of benzene rings is 2. The largest absolute Gasteiger partial charge is 0.416 e. The second-order valence-corrected chi connectivity index (χ2v) is 5.96. The fourth-order valence-corrected chi connectivity index (χ4v) is 2.77. The molecule has 1 aromatic heterocycles. The number of hydrogen-bond donors (Lipinski definition) is 3. The van der Waals surface area contributed by atoms with Crippen molar-refractivity contribution in [3.05, 3.63) is 71.2 Å². The van der Waals surface area contributed by atoms with Crippen LogP contribution >= 0.6 is 24.0 Å². The number of fused-ring (bicyclic) bond motifs is 1. The Kier molecular flexibility index (Phi) is 7.28. The van der Waals surface area contributed by atoms with E-state index in [0.717, 1.165) is 28.7 Å². The fourth-order valence-electron chi connectivity index (χ4n) is 2.77. The third-order valence-electron chi connectivity index (χ3n) is 4.08. The number of nitrogens with one attached hydrogen (secondary N) is 3. The highest BCUT2D eigenvalue weighted by molar-refractivity contribution is 14.0. The highest BCUT2D eigenvalue weighted by Crippen LogP contribution is 2.32. The molecule has 0 saturated carbocycles. The molecule has 150 valence electrons. The van der Waals surface area contributed by atoms with E-state index in [4.69, 9.17) is 0 Å². The molecule has 3 N–H and O–H groups in total. The van der Waals surface area contributed by atoms with Crippen LogP contribution < -0.4 is 10.6 Å². The standard InChI is InChI=1S/C19H18F4N4.HI/c1-24-18(26-11-15-8-12-4-2-3-5-17(12)27-15)25-10-13-6-7-14(20)9-16(13)19(21,22)23;/h2-9,27H,10-11H2,1H3,(H2,24,25,26);1H. The molecule has 0 aliphatic heterocycles. The molecule has 4 nitrogen and oxygen atoms in total. The minimum Gasteiger partial charge on any atom is -0.357 e. The molecule has 0 fully saturated rings. The molecular weight excluding hydrogens is 487 g/mol. The monoisotopic (exact) mass is 506 g/mol. The maximum absolute atomic E-state index is 13.2. The normalized spacial score (nSPS) is 12.0. The molecule has 0 radical (unpaired) electrons. The van der Waals surface area contributed by atoms with Crippen LogP contribution in [0.25, 0.3) is 10.9 Å². The fraction of sp³-hybridized carbons (Fsp3) is 0.211. The lowest BCUT2D eigenvalue weighted by atomic mass is 10.1. The van der Waals surface area contributed by atoms with Gasteiger partial charge in [0.15, 0.2) is 5.96 Å². The number of aromatic nitrogens is 1. The third-order valence-corrected chi connectivity index (χ3v) is 4.08. The molecule has 0 aliphatic carbocycles. The molecule has 3 aromatic rings. The second-order valence-electron chi connectivity index (χ2n) is 5.96. The van der Waals surface area contributed by atoms with E-state index in [2.05, 4.69) is 20.6 Å². The molecule has 0 saturated heterocycles. The van der Waals surface area contributed by atoms with Gasteiger partial charge in [-0.25, -0.2) is 4.39 Å². The molecule has 0 amide bonds. The van der Waals surface area contributed by atoms with Crippen molar-refractivity contribution in [2.45, 2.75) is 19.3 Å². The van der Waals surface area contributed by atoms with E-state index >= 15 is 0 Å². The van der Waals surface area contributed by atoms with E-state index in [1.807, 2.05) is 30.3 Å². The zero-order valence-corrected chi connectivity index (χ0v) is 17.2. The molecule has 2 aromatic carbocycles. The second kappa shape index (κ2) is 9.26. The third kappa shape index (κ3) is 5.37. The van der Waals surface area contributed by atoms with Crippen molar-refractivity contribution in [2.24, 2.45) is 4.99 Å². The highest BCUT2D eigenvalue weighted by atomic mass is 127. The van der Waals surface area contributed by atoms with Crippen molar-refractivity contribution in [3.8, 4) is 0 Å². The maximum atomic E-state index is 13.2. The number of nitrogens with zero attached hydrogens (tertiary/aromatic N) is 1. The van der Waals surface area contributed by atoms with Crippen molar-refractivity contribution in [3.63, 3.8) is 0 Å². The summed E-state index contributed by atoms with van der Waals surface area (Å²) in [5.41, 5.74) is 0.855. The van der Waals surface area contributed by atoms with E-state index in [1.54, 1.807) is 0 Å². The Morgan fingerprint density at radius 3 is 2.43 bits per heavy atom. The van der Waals surface area contributed by atoms with Gasteiger partial charge in [0.05, 0.1) is 12.1 Å². The molecule has 0 spiro atoms. The summed E-state index contributed by atoms with van der Waals surface area (Å²) in [5, 5.41) is 6.93. The van der Waals surface area contributed by atoms with Crippen LogP contribution in [0.4, 0.5) is 17.6 Å². The Hall–Kier alpha value is -2.30. The summed E-state index contributed by atoms with van der Waals surface area (Å²) in [6.07, 6.45) is -4.62. The molecule has 28 heavy (non-hydrogen) atoms. The van der Waals surface area contributed by atoms with Crippen LogP contribution in [0.1, 0.15) is 16.8 Å². The van der Waals surface area contributed by atoms with Crippen molar-refractivity contribution in [2.75, 3.05) is 7.05 Å². The van der Waals surface area contributed by atoms with Crippen molar-refractivity contribution in [1.29, 1.82) is 0 Å². The van der Waals surface area contributed by atoms with Gasteiger partial charge in [0, 0.05) is 24.8 Å². The van der Waals surface area contributed by atoms with E-state index in [0.29, 0.717) is 18.6 Å². The van der Waals surface area contributed by atoms with Gasteiger partial charge in [0.25, 0.3) is 0 Å². The predicted octanol–water partition coefficient (Wildman–Crippen LogP) is 4.81. The minimum absolute atomic E-state index is 0. The topological polar surface area (TPSA) is 52.2 Å². The van der Waals surface area contributed by atoms with Crippen LogP contribution in [-0.2, 0) is 19.3 Å². The molecule has 0 bridgehead atoms. The number of aromatic amines is 1. The summed E-state index contributed by atoms with van der Waals surface area (Å²) in [6, 6.07) is 12.4. The van der Waals surface area contributed by atoms with Gasteiger partial charge in [0.1, 0.15) is 5.82 Å². The Bertz CT molecular complexity index is 933. The minimum atomic E-state index is -4.62. The van der Waals surface area contributed by atoms with Gasteiger partial charge in [-0.3, -0.25) is 4.99 Å². The van der Waals surface area contributed by atoms with Crippen molar-refractivity contribution >= 4 is 40.8 Å². The Morgan fingerprint density at radius 2 is 1.75 bits per heavy atom. The summed E-state index contributed by atoms with van der Waals surface area (Å²) in [6.45, 7) is 0.283. The maximum Gasteiger partial charge on any atom is 0.416 e. The molecule has 9 heteroatoms. The number of H-pyrrole nitrogens is 1. The summed E-state index contributed by atoms with van der Waals surface area (Å²) in [4.78, 5) is 7.26. The quantitative estimate of drug-likeness (QED) is 0.206. The van der Waals surface area contributed by atoms with Gasteiger partial charge >= 0.3 is 6.18 Å². The van der Waals surface area contributed by atoms with Gasteiger partial charge in [0.2, 0.25) is 0 Å². The number of aliphatic imine (C=N–C) groups is 1. The molecule has 3 rings (SSSR count). The summed E-state index contributed by atoms with van der Waals surface area (Å²) in [7, 11) is 1.52. The van der Waals surface area contributed by atoms with Gasteiger partial charge in [-0.15, -0.1) is 24.0 Å². The first kappa shape index (κ1) is 22.0. The Morgan fingerprint density at radius 1 is 1.04 bits per heavy atom. The summed E-state index contributed by atoms with van der Waals surface area (Å²) < 4.78 is 52.4. The predicted molar refractivity (Wildman–Crippen MR) is 112 cm³/mol. The number of rotatable bonds is 4. The molecule has 0 atom stereocenters. The lowest BCUT2D eigenvalue weighted by Gasteiger charge is -2.15. The smallest absolute Gasteiger partial charge is 0.357 e. The number of hydrogen-bond acceptors (Lipinski definition) is 1. The molecular formula is C19H19F4IN4. The number of alkyl halides is 3. The molecule has 0 aliphatic rings. The van der Waals surface area contributed by atoms with Gasteiger partial charge < -0.3 is 15.6 Å². The van der Waals surface area contributed by atoms with E-state index in [-0.39, 0.29) is 36.1 Å². The number of halogens is 5. The molecule has 1 heterocycles. The molecule has 0 unspecified atom stereocenters. The lowest BCUT2D eigenvalue weighted by molar-refractivity contribution is -0.138. The van der Waals surface area contributed by atoms with Crippen LogP contribution in [0.15, 0.2) is 53.5 Å². The van der Waals surface area contributed by atoms with Crippen LogP contribution in [0.2, 0.25) is 0 Å². The van der Waals surface area contributed by atoms with Crippen LogP contribution in [-0.4, -0.2) is 18.0 Å². The van der Waals surface area contributed by atoms with E-state index in [9.17, 15) is 17.6 Å². The van der Waals surface area contributed by atoms with Crippen LogP contribution in [0, 0.1) is 5.82 Å². The first-order valence-corrected chi connectivity index (χ1v) is 8.23. The van der Waals surface area contributed by atoms with Gasteiger partial charge in [-0.2, -0.15) is 13.2 Å². The summed E-state index contributed by atoms with van der Waals surface area (Å²) in [5.74, 6) is -0.585. The van der Waals surface area contributed by atoms with Crippen molar-refractivity contribution < 1.29 is 17.6 Å². The average Bonchev–Trinajstić information content (AvgIpc) is 3.05. The Labute approximate surface area is 176 Å². The SMILES string of the molecule is CN=C(NCc1cc2ccccc2[nH]1)NCc1ccc(F)cc1C(F)(F)F.I.